The number of aromatic nitrogens is 3. The molecule has 0 fully saturated rings. The van der Waals surface area contributed by atoms with Crippen molar-refractivity contribution >= 4 is 11.5 Å². The number of hydrogen-bond donors (Lipinski definition) is 1. The molecule has 0 atom stereocenters. The Morgan fingerprint density at radius 1 is 1.32 bits per heavy atom. The molecule has 0 unspecified atom stereocenters. The maximum atomic E-state index is 6.18. The van der Waals surface area contributed by atoms with Gasteiger partial charge in [0.15, 0.2) is 11.4 Å². The van der Waals surface area contributed by atoms with E-state index in [1.54, 1.807) is 19.5 Å². The van der Waals surface area contributed by atoms with Crippen LogP contribution in [0.2, 0.25) is 0 Å². The molecular weight excluding hydrogens is 240 g/mol. The van der Waals surface area contributed by atoms with Crippen LogP contribution in [-0.4, -0.2) is 21.5 Å². The SMILES string of the molecule is COc1cccn2c(N)c(-c3cnccc3C)nc12. The molecule has 0 aromatic carbocycles. The molecule has 96 valence electrons. The molecule has 0 spiro atoms. The lowest BCUT2D eigenvalue weighted by Gasteiger charge is -2.02. The number of imidazole rings is 1. The minimum Gasteiger partial charge on any atom is -0.493 e. The number of aryl methyl sites for hydroxylation is 1. The Bertz CT molecular complexity index is 748. The second-order valence-corrected chi connectivity index (χ2v) is 4.31. The summed E-state index contributed by atoms with van der Waals surface area (Å²) in [6.07, 6.45) is 5.40. The fraction of sp³-hybridized carbons (Fsp3) is 0.143. The van der Waals surface area contributed by atoms with Gasteiger partial charge in [-0.1, -0.05) is 0 Å². The van der Waals surface area contributed by atoms with E-state index in [2.05, 4.69) is 9.97 Å². The van der Waals surface area contributed by atoms with Crippen molar-refractivity contribution in [1.82, 2.24) is 14.4 Å². The Balaban J connectivity index is 2.32. The molecule has 0 saturated carbocycles. The monoisotopic (exact) mass is 254 g/mol. The number of hydrogen-bond acceptors (Lipinski definition) is 4. The molecule has 0 radical (unpaired) electrons. The van der Waals surface area contributed by atoms with E-state index < -0.39 is 0 Å². The van der Waals surface area contributed by atoms with E-state index in [0.29, 0.717) is 17.2 Å². The van der Waals surface area contributed by atoms with Crippen LogP contribution in [0.3, 0.4) is 0 Å². The second kappa shape index (κ2) is 4.28. The van der Waals surface area contributed by atoms with Crippen LogP contribution in [-0.2, 0) is 0 Å². The van der Waals surface area contributed by atoms with Gasteiger partial charge in [-0.2, -0.15) is 0 Å². The number of pyridine rings is 2. The minimum atomic E-state index is 0.588. The fourth-order valence-electron chi connectivity index (χ4n) is 2.13. The average Bonchev–Trinajstić information content (AvgIpc) is 2.77. The van der Waals surface area contributed by atoms with Crippen molar-refractivity contribution in [1.29, 1.82) is 0 Å². The predicted molar refractivity (Wildman–Crippen MR) is 74.1 cm³/mol. The highest BCUT2D eigenvalue weighted by atomic mass is 16.5. The molecule has 0 aliphatic heterocycles. The maximum absolute atomic E-state index is 6.18. The van der Waals surface area contributed by atoms with E-state index in [0.717, 1.165) is 16.8 Å². The van der Waals surface area contributed by atoms with Gasteiger partial charge in [-0.15, -0.1) is 0 Å². The number of anilines is 1. The van der Waals surface area contributed by atoms with Crippen LogP contribution < -0.4 is 10.5 Å². The van der Waals surface area contributed by atoms with Crippen molar-refractivity contribution in [2.45, 2.75) is 6.92 Å². The van der Waals surface area contributed by atoms with Gasteiger partial charge in [0.1, 0.15) is 11.5 Å². The Hall–Kier alpha value is -2.56. The Kier molecular flexibility index (Phi) is 2.59. The van der Waals surface area contributed by atoms with Crippen LogP contribution in [0.4, 0.5) is 5.82 Å². The van der Waals surface area contributed by atoms with Crippen LogP contribution in [0, 0.1) is 6.92 Å². The highest BCUT2D eigenvalue weighted by Crippen LogP contribution is 2.31. The van der Waals surface area contributed by atoms with Crippen molar-refractivity contribution < 1.29 is 4.74 Å². The average molecular weight is 254 g/mol. The van der Waals surface area contributed by atoms with Crippen LogP contribution in [0.25, 0.3) is 16.9 Å². The van der Waals surface area contributed by atoms with E-state index in [4.69, 9.17) is 10.5 Å². The Morgan fingerprint density at radius 3 is 2.89 bits per heavy atom. The third kappa shape index (κ3) is 1.71. The van der Waals surface area contributed by atoms with Gasteiger partial charge in [-0.3, -0.25) is 9.38 Å². The highest BCUT2D eigenvalue weighted by molar-refractivity contribution is 5.78. The van der Waals surface area contributed by atoms with Crippen LogP contribution in [0.15, 0.2) is 36.8 Å². The lowest BCUT2D eigenvalue weighted by atomic mass is 10.1. The van der Waals surface area contributed by atoms with Gasteiger partial charge in [0.05, 0.1) is 7.11 Å². The van der Waals surface area contributed by atoms with E-state index >= 15 is 0 Å². The smallest absolute Gasteiger partial charge is 0.181 e. The molecule has 0 saturated heterocycles. The number of rotatable bonds is 2. The zero-order valence-corrected chi connectivity index (χ0v) is 10.8. The van der Waals surface area contributed by atoms with Crippen molar-refractivity contribution in [3.8, 4) is 17.0 Å². The largest absolute Gasteiger partial charge is 0.493 e. The number of nitrogens with two attached hydrogens (primary N) is 1. The van der Waals surface area contributed by atoms with Crippen molar-refractivity contribution in [3.05, 3.63) is 42.4 Å². The normalized spacial score (nSPS) is 10.8. The quantitative estimate of drug-likeness (QED) is 0.762. The first kappa shape index (κ1) is 11.5. The summed E-state index contributed by atoms with van der Waals surface area (Å²) in [7, 11) is 1.62. The minimum absolute atomic E-state index is 0.588. The van der Waals surface area contributed by atoms with Crippen molar-refractivity contribution in [2.75, 3.05) is 12.8 Å². The molecule has 0 amide bonds. The van der Waals surface area contributed by atoms with Crippen LogP contribution >= 0.6 is 0 Å². The number of nitrogens with zero attached hydrogens (tertiary/aromatic N) is 3. The predicted octanol–water partition coefficient (Wildman–Crippen LogP) is 2.30. The summed E-state index contributed by atoms with van der Waals surface area (Å²) in [5.74, 6) is 1.28. The molecule has 0 aliphatic rings. The lowest BCUT2D eigenvalue weighted by molar-refractivity contribution is 0.417. The maximum Gasteiger partial charge on any atom is 0.181 e. The van der Waals surface area contributed by atoms with Crippen LogP contribution in [0.5, 0.6) is 5.75 Å². The zero-order chi connectivity index (χ0) is 13.4. The van der Waals surface area contributed by atoms with E-state index in [-0.39, 0.29) is 0 Å². The third-order valence-electron chi connectivity index (χ3n) is 3.17. The molecule has 3 aromatic rings. The highest BCUT2D eigenvalue weighted by Gasteiger charge is 2.15. The van der Waals surface area contributed by atoms with Gasteiger partial charge in [0.2, 0.25) is 0 Å². The summed E-state index contributed by atoms with van der Waals surface area (Å²) in [6.45, 7) is 2.01. The summed E-state index contributed by atoms with van der Waals surface area (Å²) >= 11 is 0. The van der Waals surface area contributed by atoms with Gasteiger partial charge in [-0.25, -0.2) is 4.98 Å². The topological polar surface area (TPSA) is 65.4 Å². The summed E-state index contributed by atoms with van der Waals surface area (Å²) in [6, 6.07) is 5.68. The third-order valence-corrected chi connectivity index (χ3v) is 3.17. The van der Waals surface area contributed by atoms with E-state index in [1.807, 2.05) is 35.7 Å². The number of methoxy groups -OCH3 is 1. The summed E-state index contributed by atoms with van der Waals surface area (Å²) < 4.78 is 7.13. The lowest BCUT2D eigenvalue weighted by Crippen LogP contribution is -1.95. The molecular formula is C14H14N4O. The molecule has 3 heterocycles. The van der Waals surface area contributed by atoms with E-state index in [9.17, 15) is 0 Å². The number of ether oxygens (including phenoxy) is 1. The summed E-state index contributed by atoms with van der Waals surface area (Å²) in [5.41, 5.74) is 9.64. The van der Waals surface area contributed by atoms with Crippen molar-refractivity contribution in [3.63, 3.8) is 0 Å². The second-order valence-electron chi connectivity index (χ2n) is 4.31. The Morgan fingerprint density at radius 2 is 2.16 bits per heavy atom. The number of nitrogen functional groups attached to an aromatic ring is 1. The van der Waals surface area contributed by atoms with Gasteiger partial charge in [0.25, 0.3) is 0 Å². The zero-order valence-electron chi connectivity index (χ0n) is 10.8. The standard InChI is InChI=1S/C14H14N4O/c1-9-5-6-16-8-10(9)12-13(15)18-7-3-4-11(19-2)14(18)17-12/h3-8H,15H2,1-2H3. The summed E-state index contributed by atoms with van der Waals surface area (Å²) in [5, 5.41) is 0. The van der Waals surface area contributed by atoms with Gasteiger partial charge in [-0.05, 0) is 30.7 Å². The number of fused-ring (bicyclic) bond motifs is 1. The van der Waals surface area contributed by atoms with Crippen LogP contribution in [0.1, 0.15) is 5.56 Å². The molecule has 19 heavy (non-hydrogen) atoms. The van der Waals surface area contributed by atoms with Gasteiger partial charge < -0.3 is 10.5 Å². The molecule has 0 aliphatic carbocycles. The van der Waals surface area contributed by atoms with E-state index in [1.165, 1.54) is 0 Å². The van der Waals surface area contributed by atoms with Crippen molar-refractivity contribution in [2.24, 2.45) is 0 Å². The molecule has 0 bridgehead atoms. The first-order valence-electron chi connectivity index (χ1n) is 5.94. The summed E-state index contributed by atoms with van der Waals surface area (Å²) in [4.78, 5) is 8.73. The van der Waals surface area contributed by atoms with Gasteiger partial charge in [0, 0.05) is 24.2 Å². The first-order valence-corrected chi connectivity index (χ1v) is 5.94. The molecule has 2 N–H and O–H groups in total. The first-order chi connectivity index (χ1) is 9.22. The molecule has 3 rings (SSSR count). The van der Waals surface area contributed by atoms with Gasteiger partial charge >= 0.3 is 0 Å². The fourth-order valence-corrected chi connectivity index (χ4v) is 2.13. The molecule has 5 heteroatoms. The Labute approximate surface area is 110 Å². The molecule has 5 nitrogen and oxygen atoms in total. The molecule has 3 aromatic heterocycles.